The van der Waals surface area contributed by atoms with Gasteiger partial charge in [0.1, 0.15) is 11.6 Å². The van der Waals surface area contributed by atoms with E-state index in [4.69, 9.17) is 11.6 Å². The first-order valence-corrected chi connectivity index (χ1v) is 13.6. The van der Waals surface area contributed by atoms with Gasteiger partial charge in [0, 0.05) is 30.2 Å². The zero-order valence-corrected chi connectivity index (χ0v) is 20.3. The Morgan fingerprint density at radius 1 is 0.941 bits per heavy atom. The minimum Gasteiger partial charge on any atom is -0.342 e. The number of rotatable bonds is 5. The maximum absolute atomic E-state index is 14.2. The maximum atomic E-state index is 14.2. The van der Waals surface area contributed by atoms with Crippen LogP contribution in [0, 0.1) is 17.0 Å². The van der Waals surface area contributed by atoms with Crippen molar-refractivity contribution in [1.82, 2.24) is 9.21 Å². The van der Waals surface area contributed by atoms with E-state index in [1.165, 1.54) is 40.7 Å². The molecule has 1 saturated carbocycles. The number of amides is 1. The van der Waals surface area contributed by atoms with Gasteiger partial charge in [-0.2, -0.15) is 4.31 Å². The van der Waals surface area contributed by atoms with Crippen molar-refractivity contribution in [3.8, 4) is 0 Å². The van der Waals surface area contributed by atoms with E-state index in [0.29, 0.717) is 50.2 Å². The Balaban J connectivity index is 1.61. The first kappa shape index (κ1) is 23.7. The summed E-state index contributed by atoms with van der Waals surface area (Å²) in [4.78, 5) is 15.5. The van der Waals surface area contributed by atoms with Crippen molar-refractivity contribution in [1.29, 1.82) is 0 Å². The highest BCUT2D eigenvalue weighted by atomic mass is 35.5. The SMILES string of the molecule is O=C(N1CCCC1)C1(C2CCCC(c3cc(F)cc(F)c3)N2S(=O)(=O)c2ccc(Cl)cc2)CC1. The number of halogens is 3. The fraction of sp³-hybridized carbons (Fsp3) is 0.480. The lowest BCUT2D eigenvalue weighted by Crippen LogP contribution is -2.54. The summed E-state index contributed by atoms with van der Waals surface area (Å²) < 4.78 is 57.8. The van der Waals surface area contributed by atoms with E-state index in [1.54, 1.807) is 0 Å². The second-order valence-corrected chi connectivity index (χ2v) is 11.9. The maximum Gasteiger partial charge on any atom is 0.243 e. The molecule has 1 aliphatic carbocycles. The number of hydrogen-bond acceptors (Lipinski definition) is 3. The molecule has 34 heavy (non-hydrogen) atoms. The quantitative estimate of drug-likeness (QED) is 0.550. The van der Waals surface area contributed by atoms with Crippen LogP contribution in [0.1, 0.15) is 56.6 Å². The minimum absolute atomic E-state index is 0.0115. The summed E-state index contributed by atoms with van der Waals surface area (Å²) in [6, 6.07) is 7.72. The molecule has 2 heterocycles. The molecule has 0 radical (unpaired) electrons. The molecule has 0 bridgehead atoms. The number of hydrogen-bond donors (Lipinski definition) is 0. The topological polar surface area (TPSA) is 57.7 Å². The summed E-state index contributed by atoms with van der Waals surface area (Å²) in [5.41, 5.74) is -0.516. The molecule has 2 saturated heterocycles. The Morgan fingerprint density at radius 2 is 1.56 bits per heavy atom. The molecule has 5 nitrogen and oxygen atoms in total. The monoisotopic (exact) mass is 508 g/mol. The van der Waals surface area contributed by atoms with E-state index in [1.807, 2.05) is 4.90 Å². The van der Waals surface area contributed by atoms with Crippen molar-refractivity contribution in [2.24, 2.45) is 5.41 Å². The molecule has 9 heteroatoms. The van der Waals surface area contributed by atoms with Gasteiger partial charge in [0.2, 0.25) is 15.9 Å². The van der Waals surface area contributed by atoms with Crippen molar-refractivity contribution >= 4 is 27.5 Å². The first-order chi connectivity index (χ1) is 16.2. The Labute approximate surface area is 203 Å². The molecule has 2 aliphatic heterocycles. The summed E-state index contributed by atoms with van der Waals surface area (Å²) in [6.07, 6.45) is 4.73. The van der Waals surface area contributed by atoms with Gasteiger partial charge in [0.05, 0.1) is 16.4 Å². The molecule has 2 aromatic carbocycles. The number of carbonyl (C=O) groups is 1. The van der Waals surface area contributed by atoms with Gasteiger partial charge in [0.25, 0.3) is 0 Å². The number of likely N-dealkylation sites (tertiary alicyclic amines) is 1. The standard InChI is InChI=1S/C25H27ClF2N2O3S/c26-18-6-8-21(9-7-18)34(32,33)30-22(17-14-19(27)16-20(28)15-17)4-3-5-23(30)25(10-11-25)24(31)29-12-1-2-13-29/h6-9,14-16,22-23H,1-5,10-13H2. The van der Waals surface area contributed by atoms with Gasteiger partial charge in [-0.05, 0) is 86.9 Å². The van der Waals surface area contributed by atoms with Crippen LogP contribution < -0.4 is 0 Å². The van der Waals surface area contributed by atoms with Crippen LogP contribution in [-0.4, -0.2) is 42.7 Å². The van der Waals surface area contributed by atoms with Crippen molar-refractivity contribution in [3.05, 3.63) is 64.7 Å². The van der Waals surface area contributed by atoms with Gasteiger partial charge >= 0.3 is 0 Å². The van der Waals surface area contributed by atoms with Crippen LogP contribution in [0.4, 0.5) is 8.78 Å². The Hall–Kier alpha value is -2.03. The second-order valence-electron chi connectivity index (χ2n) is 9.61. The van der Waals surface area contributed by atoms with E-state index >= 15 is 0 Å². The van der Waals surface area contributed by atoms with Gasteiger partial charge < -0.3 is 4.90 Å². The van der Waals surface area contributed by atoms with Gasteiger partial charge in [-0.15, -0.1) is 0 Å². The van der Waals surface area contributed by atoms with E-state index in [-0.39, 0.29) is 16.4 Å². The molecule has 0 spiro atoms. The molecule has 2 unspecified atom stereocenters. The molecule has 0 N–H and O–H groups in total. The molecule has 2 aromatic rings. The summed E-state index contributed by atoms with van der Waals surface area (Å²) >= 11 is 5.99. The Bertz CT molecular complexity index is 1170. The smallest absolute Gasteiger partial charge is 0.243 e. The molecule has 3 aliphatic rings. The number of benzene rings is 2. The van der Waals surface area contributed by atoms with Crippen LogP contribution in [-0.2, 0) is 14.8 Å². The number of nitrogens with zero attached hydrogens (tertiary/aromatic N) is 2. The number of carbonyl (C=O) groups excluding carboxylic acids is 1. The molecule has 182 valence electrons. The molecule has 2 atom stereocenters. The predicted molar refractivity (Wildman–Crippen MR) is 125 cm³/mol. The van der Waals surface area contributed by atoms with Crippen molar-refractivity contribution < 1.29 is 22.0 Å². The lowest BCUT2D eigenvalue weighted by molar-refractivity contribution is -0.138. The first-order valence-electron chi connectivity index (χ1n) is 11.8. The van der Waals surface area contributed by atoms with E-state index < -0.39 is 39.2 Å². The lowest BCUT2D eigenvalue weighted by atomic mass is 9.84. The third-order valence-corrected chi connectivity index (χ3v) is 9.66. The minimum atomic E-state index is -4.09. The highest BCUT2D eigenvalue weighted by molar-refractivity contribution is 7.89. The van der Waals surface area contributed by atoms with Gasteiger partial charge in [-0.1, -0.05) is 11.6 Å². The predicted octanol–water partition coefficient (Wildman–Crippen LogP) is 5.31. The normalized spacial score (nSPS) is 24.9. The third-order valence-electron chi connectivity index (χ3n) is 7.47. The molecular weight excluding hydrogens is 482 g/mol. The molecule has 1 amide bonds. The Morgan fingerprint density at radius 3 is 2.15 bits per heavy atom. The zero-order chi connectivity index (χ0) is 24.1. The molecule has 5 rings (SSSR count). The fourth-order valence-corrected chi connectivity index (χ4v) is 7.75. The van der Waals surface area contributed by atoms with Gasteiger partial charge in [-0.3, -0.25) is 4.79 Å². The van der Waals surface area contributed by atoms with Crippen LogP contribution >= 0.6 is 11.6 Å². The summed E-state index contributed by atoms with van der Waals surface area (Å²) in [5, 5.41) is 0.403. The van der Waals surface area contributed by atoms with Gasteiger partial charge in [0.15, 0.2) is 0 Å². The molecule has 3 fully saturated rings. The van der Waals surface area contributed by atoms with Crippen LogP contribution in [0.15, 0.2) is 47.4 Å². The van der Waals surface area contributed by atoms with Crippen molar-refractivity contribution in [2.45, 2.75) is 61.9 Å². The summed E-state index contributed by atoms with van der Waals surface area (Å²) in [7, 11) is -4.09. The zero-order valence-electron chi connectivity index (χ0n) is 18.7. The van der Waals surface area contributed by atoms with Crippen LogP contribution in [0.25, 0.3) is 0 Å². The molecular formula is C25H27ClF2N2O3S. The van der Waals surface area contributed by atoms with E-state index in [9.17, 15) is 22.0 Å². The summed E-state index contributed by atoms with van der Waals surface area (Å²) in [6.45, 7) is 1.38. The second kappa shape index (κ2) is 8.88. The average molecular weight is 509 g/mol. The fourth-order valence-electron chi connectivity index (χ4n) is 5.70. The van der Waals surface area contributed by atoms with E-state index in [0.717, 1.165) is 18.9 Å². The van der Waals surface area contributed by atoms with Crippen molar-refractivity contribution in [2.75, 3.05) is 13.1 Å². The highest BCUT2D eigenvalue weighted by Crippen LogP contribution is 2.57. The van der Waals surface area contributed by atoms with Gasteiger partial charge in [-0.25, -0.2) is 17.2 Å². The number of sulfonamides is 1. The van der Waals surface area contributed by atoms with Crippen LogP contribution in [0.2, 0.25) is 5.02 Å². The lowest BCUT2D eigenvalue weighted by Gasteiger charge is -2.45. The molecule has 0 aromatic heterocycles. The van der Waals surface area contributed by atoms with Crippen molar-refractivity contribution in [3.63, 3.8) is 0 Å². The highest BCUT2D eigenvalue weighted by Gasteiger charge is 2.62. The summed E-state index contributed by atoms with van der Waals surface area (Å²) in [5.74, 6) is -1.50. The van der Waals surface area contributed by atoms with E-state index in [2.05, 4.69) is 0 Å². The largest absolute Gasteiger partial charge is 0.342 e. The third kappa shape index (κ3) is 4.14. The van der Waals surface area contributed by atoms with Crippen LogP contribution in [0.5, 0.6) is 0 Å². The van der Waals surface area contributed by atoms with Crippen LogP contribution in [0.3, 0.4) is 0 Å². The number of piperidine rings is 1. The Kier molecular flexibility index (Phi) is 6.19. The average Bonchev–Trinajstić information content (AvgIpc) is 3.43.